The molecule has 2 fully saturated rings. The Morgan fingerprint density at radius 3 is 2.41 bits per heavy atom. The predicted molar refractivity (Wildman–Crippen MR) is 106 cm³/mol. The number of amides is 1. The summed E-state index contributed by atoms with van der Waals surface area (Å²) < 4.78 is 37.6. The Balaban J connectivity index is 1.61. The van der Waals surface area contributed by atoms with Gasteiger partial charge in [-0.3, -0.25) is 4.79 Å². The fourth-order valence-electron chi connectivity index (χ4n) is 3.64. The molecule has 3 rings (SSSR count). The average molecular weight is 422 g/mol. The van der Waals surface area contributed by atoms with Gasteiger partial charge in [-0.1, -0.05) is 19.3 Å². The zero-order chi connectivity index (χ0) is 20.9. The number of carbonyl (C=O) groups is 1. The minimum Gasteiger partial charge on any atom is -0.481 e. The van der Waals surface area contributed by atoms with Crippen molar-refractivity contribution in [3.8, 4) is 11.8 Å². The number of rotatable bonds is 6. The topological polar surface area (TPSA) is 109 Å². The lowest BCUT2D eigenvalue weighted by Crippen LogP contribution is -2.52. The second kappa shape index (κ2) is 9.11. The lowest BCUT2D eigenvalue weighted by atomic mass is 9.83. The van der Waals surface area contributed by atoms with Crippen LogP contribution in [0.5, 0.6) is 5.75 Å². The summed E-state index contributed by atoms with van der Waals surface area (Å²) in [6.07, 6.45) is 3.41. The first kappa shape index (κ1) is 21.6. The van der Waals surface area contributed by atoms with E-state index in [1.165, 1.54) is 28.6 Å². The minimum atomic E-state index is -3.57. The van der Waals surface area contributed by atoms with Crippen LogP contribution < -0.4 is 10.1 Å². The number of nitrogens with one attached hydrogen (secondary N) is 1. The van der Waals surface area contributed by atoms with Crippen molar-refractivity contribution in [3.05, 3.63) is 24.3 Å². The Labute approximate surface area is 171 Å². The van der Waals surface area contributed by atoms with Crippen LogP contribution in [0.25, 0.3) is 0 Å². The second-order valence-electron chi connectivity index (χ2n) is 7.49. The SMILES string of the molecule is C[C@@H](Oc1ccc(S(=O)(=O)N2CCOCC2)cc1)C(=O)NC1(C#N)CCCCC1. The number of hydrogen-bond acceptors (Lipinski definition) is 6. The summed E-state index contributed by atoms with van der Waals surface area (Å²) in [6.45, 7) is 3.05. The fraction of sp³-hybridized carbons (Fsp3) is 0.600. The highest BCUT2D eigenvalue weighted by Gasteiger charge is 2.35. The number of nitriles is 1. The van der Waals surface area contributed by atoms with Gasteiger partial charge in [0, 0.05) is 13.1 Å². The van der Waals surface area contributed by atoms with E-state index in [1.54, 1.807) is 6.92 Å². The third-order valence-corrected chi connectivity index (χ3v) is 7.31. The highest BCUT2D eigenvalue weighted by Crippen LogP contribution is 2.28. The molecular weight excluding hydrogens is 394 g/mol. The van der Waals surface area contributed by atoms with Crippen LogP contribution in [0.4, 0.5) is 0 Å². The molecule has 1 aliphatic carbocycles. The molecule has 0 bridgehead atoms. The maximum absolute atomic E-state index is 12.7. The summed E-state index contributed by atoms with van der Waals surface area (Å²) in [7, 11) is -3.57. The van der Waals surface area contributed by atoms with Gasteiger partial charge in [-0.15, -0.1) is 0 Å². The number of ether oxygens (including phenoxy) is 2. The summed E-state index contributed by atoms with van der Waals surface area (Å²) >= 11 is 0. The Morgan fingerprint density at radius 1 is 1.21 bits per heavy atom. The molecule has 1 aromatic carbocycles. The molecule has 8 nitrogen and oxygen atoms in total. The van der Waals surface area contributed by atoms with E-state index in [1.807, 2.05) is 0 Å². The monoisotopic (exact) mass is 421 g/mol. The molecule has 29 heavy (non-hydrogen) atoms. The minimum absolute atomic E-state index is 0.175. The average Bonchev–Trinajstić information content (AvgIpc) is 2.75. The summed E-state index contributed by atoms with van der Waals surface area (Å²) in [5, 5.41) is 12.3. The van der Waals surface area contributed by atoms with Crippen LogP contribution in [0, 0.1) is 11.3 Å². The summed E-state index contributed by atoms with van der Waals surface area (Å²) in [4.78, 5) is 12.7. The second-order valence-corrected chi connectivity index (χ2v) is 9.43. The molecule has 0 aromatic heterocycles. The molecular formula is C20H27N3O5S. The van der Waals surface area contributed by atoms with Crippen molar-refractivity contribution in [2.45, 2.75) is 55.6 Å². The quantitative estimate of drug-likeness (QED) is 0.750. The zero-order valence-corrected chi connectivity index (χ0v) is 17.4. The first-order valence-electron chi connectivity index (χ1n) is 9.94. The molecule has 2 aliphatic rings. The summed E-state index contributed by atoms with van der Waals surface area (Å²) in [5.41, 5.74) is -0.816. The molecule has 1 aromatic rings. The van der Waals surface area contributed by atoms with Crippen molar-refractivity contribution in [2.75, 3.05) is 26.3 Å². The largest absolute Gasteiger partial charge is 0.481 e. The van der Waals surface area contributed by atoms with Gasteiger partial charge in [0.05, 0.1) is 24.2 Å². The Morgan fingerprint density at radius 2 is 1.83 bits per heavy atom. The number of carbonyl (C=O) groups excluding carboxylic acids is 1. The maximum atomic E-state index is 12.7. The third kappa shape index (κ3) is 5.07. The lowest BCUT2D eigenvalue weighted by Gasteiger charge is -2.32. The van der Waals surface area contributed by atoms with Gasteiger partial charge < -0.3 is 14.8 Å². The van der Waals surface area contributed by atoms with Gasteiger partial charge in [-0.05, 0) is 44.0 Å². The highest BCUT2D eigenvalue weighted by molar-refractivity contribution is 7.89. The van der Waals surface area contributed by atoms with Crippen molar-refractivity contribution < 1.29 is 22.7 Å². The van der Waals surface area contributed by atoms with E-state index in [0.717, 1.165) is 19.3 Å². The first-order valence-corrected chi connectivity index (χ1v) is 11.4. The summed E-state index contributed by atoms with van der Waals surface area (Å²) in [6, 6.07) is 8.28. The number of sulfonamides is 1. The van der Waals surface area contributed by atoms with E-state index in [-0.39, 0.29) is 10.8 Å². The van der Waals surface area contributed by atoms with Gasteiger partial charge in [-0.2, -0.15) is 9.57 Å². The van der Waals surface area contributed by atoms with Gasteiger partial charge in [-0.25, -0.2) is 8.42 Å². The zero-order valence-electron chi connectivity index (χ0n) is 16.6. The van der Waals surface area contributed by atoms with Crippen molar-refractivity contribution in [2.24, 2.45) is 0 Å². The van der Waals surface area contributed by atoms with Gasteiger partial charge in [0.2, 0.25) is 10.0 Å². The highest BCUT2D eigenvalue weighted by atomic mass is 32.2. The lowest BCUT2D eigenvalue weighted by molar-refractivity contribution is -0.129. The van der Waals surface area contributed by atoms with Crippen LogP contribution in [0.15, 0.2) is 29.2 Å². The number of benzene rings is 1. The molecule has 0 unspecified atom stereocenters. The van der Waals surface area contributed by atoms with E-state index < -0.39 is 21.7 Å². The Bertz CT molecular complexity index is 851. The number of nitrogens with zero attached hydrogens (tertiary/aromatic N) is 2. The van der Waals surface area contributed by atoms with E-state index in [9.17, 15) is 18.5 Å². The van der Waals surface area contributed by atoms with Gasteiger partial charge in [0.15, 0.2) is 6.10 Å². The van der Waals surface area contributed by atoms with Crippen LogP contribution in [-0.4, -0.2) is 56.6 Å². The van der Waals surface area contributed by atoms with Crippen LogP contribution in [0.3, 0.4) is 0 Å². The number of morpholine rings is 1. The predicted octanol–water partition coefficient (Wildman–Crippen LogP) is 1.82. The smallest absolute Gasteiger partial charge is 0.262 e. The third-order valence-electron chi connectivity index (χ3n) is 5.40. The van der Waals surface area contributed by atoms with E-state index >= 15 is 0 Å². The van der Waals surface area contributed by atoms with E-state index in [2.05, 4.69) is 11.4 Å². The van der Waals surface area contributed by atoms with Crippen LogP contribution in [-0.2, 0) is 19.6 Å². The van der Waals surface area contributed by atoms with Gasteiger partial charge in [0.25, 0.3) is 5.91 Å². The van der Waals surface area contributed by atoms with Crippen molar-refractivity contribution in [3.63, 3.8) is 0 Å². The van der Waals surface area contributed by atoms with Crippen molar-refractivity contribution >= 4 is 15.9 Å². The van der Waals surface area contributed by atoms with Crippen LogP contribution in [0.1, 0.15) is 39.0 Å². The van der Waals surface area contributed by atoms with E-state index in [4.69, 9.17) is 9.47 Å². The molecule has 1 N–H and O–H groups in total. The molecule has 1 saturated heterocycles. The standard InChI is InChI=1S/C20H27N3O5S/c1-16(19(24)22-20(15-21)9-3-2-4-10-20)28-17-5-7-18(8-6-17)29(25,26)23-11-13-27-14-12-23/h5-8,16H,2-4,9-14H2,1H3,(H,22,24)/t16-/m1/s1. The van der Waals surface area contributed by atoms with Crippen molar-refractivity contribution in [1.29, 1.82) is 5.26 Å². The van der Waals surface area contributed by atoms with Crippen LogP contribution in [0.2, 0.25) is 0 Å². The maximum Gasteiger partial charge on any atom is 0.262 e. The van der Waals surface area contributed by atoms with Gasteiger partial charge in [0.1, 0.15) is 11.3 Å². The molecule has 0 radical (unpaired) electrons. The Kier molecular flexibility index (Phi) is 6.77. The molecule has 158 valence electrons. The van der Waals surface area contributed by atoms with Crippen LogP contribution >= 0.6 is 0 Å². The van der Waals surface area contributed by atoms with Crippen molar-refractivity contribution in [1.82, 2.24) is 9.62 Å². The normalized spacial score (nSPS) is 21.0. The molecule has 1 amide bonds. The fourth-order valence-corrected chi connectivity index (χ4v) is 5.05. The molecule has 1 saturated carbocycles. The van der Waals surface area contributed by atoms with E-state index in [0.29, 0.717) is 44.9 Å². The molecule has 9 heteroatoms. The molecule has 1 atom stereocenters. The molecule has 0 spiro atoms. The first-order chi connectivity index (χ1) is 13.9. The molecule has 1 aliphatic heterocycles. The van der Waals surface area contributed by atoms with Gasteiger partial charge >= 0.3 is 0 Å². The molecule has 1 heterocycles. The summed E-state index contributed by atoms with van der Waals surface area (Å²) in [5.74, 6) is 0.0432. The Hall–Kier alpha value is -2.15. The number of hydrogen-bond donors (Lipinski definition) is 1.